The second kappa shape index (κ2) is 9.27. The smallest absolute Gasteiger partial charge is 0.332 e. The molecular formula is C15H22O8S2. The van der Waals surface area contributed by atoms with Gasteiger partial charge in [-0.05, 0) is 18.6 Å². The van der Waals surface area contributed by atoms with Gasteiger partial charge in [-0.15, -0.1) is 0 Å². The summed E-state index contributed by atoms with van der Waals surface area (Å²) < 4.78 is 68.6. The first kappa shape index (κ1) is 21.6. The third kappa shape index (κ3) is 7.10. The van der Waals surface area contributed by atoms with Gasteiger partial charge in [0.2, 0.25) is 0 Å². The van der Waals surface area contributed by atoms with E-state index >= 15 is 0 Å². The van der Waals surface area contributed by atoms with Crippen molar-refractivity contribution in [3.8, 4) is 5.75 Å². The summed E-state index contributed by atoms with van der Waals surface area (Å²) in [6.07, 6.45) is 3.78. The molecule has 8 nitrogen and oxygen atoms in total. The number of para-hydroxylation sites is 1. The zero-order valence-electron chi connectivity index (χ0n) is 13.8. The summed E-state index contributed by atoms with van der Waals surface area (Å²) >= 11 is 0. The van der Waals surface area contributed by atoms with Crippen molar-refractivity contribution >= 4 is 26.2 Å². The van der Waals surface area contributed by atoms with E-state index in [2.05, 4.69) is 0 Å². The summed E-state index contributed by atoms with van der Waals surface area (Å²) in [6, 6.07) is 4.76. The van der Waals surface area contributed by atoms with E-state index in [0.29, 0.717) is 12.8 Å². The lowest BCUT2D eigenvalue weighted by Crippen LogP contribution is -2.33. The van der Waals surface area contributed by atoms with Gasteiger partial charge in [-0.25, -0.2) is 0 Å². The van der Waals surface area contributed by atoms with Crippen molar-refractivity contribution in [1.82, 2.24) is 0 Å². The van der Waals surface area contributed by atoms with Gasteiger partial charge in [-0.3, -0.25) is 13.9 Å². The molecule has 10 heteroatoms. The van der Waals surface area contributed by atoms with Crippen LogP contribution in [0.5, 0.6) is 5.75 Å². The van der Waals surface area contributed by atoms with Crippen molar-refractivity contribution in [2.24, 2.45) is 0 Å². The molecule has 1 aromatic rings. The van der Waals surface area contributed by atoms with Gasteiger partial charge < -0.3 is 4.74 Å². The number of carbonyl (C=O) groups is 1. The lowest BCUT2D eigenvalue weighted by atomic mass is 10.1. The highest BCUT2D eigenvalue weighted by Crippen LogP contribution is 2.24. The molecule has 0 aliphatic rings. The van der Waals surface area contributed by atoms with Crippen LogP contribution in [0.15, 0.2) is 29.2 Å². The average Bonchev–Trinajstić information content (AvgIpc) is 2.48. The molecule has 0 aliphatic carbocycles. The van der Waals surface area contributed by atoms with Crippen molar-refractivity contribution in [2.75, 3.05) is 0 Å². The van der Waals surface area contributed by atoms with Gasteiger partial charge in [0.25, 0.3) is 20.2 Å². The third-order valence-corrected chi connectivity index (χ3v) is 5.57. The van der Waals surface area contributed by atoms with E-state index in [1.807, 2.05) is 6.92 Å². The fraction of sp³-hybridized carbons (Fsp3) is 0.533. The number of hydrogen-bond acceptors (Lipinski definition) is 6. The minimum atomic E-state index is -4.71. The van der Waals surface area contributed by atoms with Crippen molar-refractivity contribution in [1.29, 1.82) is 0 Å². The Morgan fingerprint density at radius 3 is 2.20 bits per heavy atom. The molecule has 2 N–H and O–H groups in total. The summed E-state index contributed by atoms with van der Waals surface area (Å²) in [7, 11) is -9.37. The highest BCUT2D eigenvalue weighted by Gasteiger charge is 2.33. The van der Waals surface area contributed by atoms with Crippen LogP contribution in [-0.2, 0) is 25.0 Å². The molecule has 142 valence electrons. The molecular weight excluding hydrogens is 372 g/mol. The number of hydrogen-bond donors (Lipinski definition) is 2. The van der Waals surface area contributed by atoms with Crippen LogP contribution in [0, 0.1) is 0 Å². The molecule has 1 rings (SSSR count). The summed E-state index contributed by atoms with van der Waals surface area (Å²) in [4.78, 5) is 11.5. The molecule has 0 fully saturated rings. The van der Waals surface area contributed by atoms with Gasteiger partial charge in [0.1, 0.15) is 4.90 Å². The van der Waals surface area contributed by atoms with E-state index in [0.717, 1.165) is 31.4 Å². The number of unbranched alkanes of at least 4 members (excludes halogenated alkanes) is 4. The Morgan fingerprint density at radius 2 is 1.64 bits per heavy atom. The quantitative estimate of drug-likeness (QED) is 0.267. The number of ether oxygens (including phenoxy) is 1. The van der Waals surface area contributed by atoms with E-state index in [1.165, 1.54) is 12.1 Å². The lowest BCUT2D eigenvalue weighted by molar-refractivity contribution is -0.134. The Hall–Kier alpha value is -1.49. The largest absolute Gasteiger partial charge is 0.424 e. The van der Waals surface area contributed by atoms with E-state index in [9.17, 15) is 26.2 Å². The monoisotopic (exact) mass is 394 g/mol. The van der Waals surface area contributed by atoms with Crippen molar-refractivity contribution in [3.05, 3.63) is 24.3 Å². The third-order valence-electron chi connectivity index (χ3n) is 3.53. The van der Waals surface area contributed by atoms with Crippen molar-refractivity contribution in [2.45, 2.75) is 55.6 Å². The zero-order valence-corrected chi connectivity index (χ0v) is 15.4. The number of esters is 1. The van der Waals surface area contributed by atoms with E-state index in [4.69, 9.17) is 9.29 Å². The highest BCUT2D eigenvalue weighted by atomic mass is 32.2. The topological polar surface area (TPSA) is 135 Å². The van der Waals surface area contributed by atoms with Crippen LogP contribution in [0.25, 0.3) is 0 Å². The van der Waals surface area contributed by atoms with Crippen LogP contribution in [0.1, 0.15) is 45.4 Å². The van der Waals surface area contributed by atoms with Gasteiger partial charge in [0.15, 0.2) is 11.0 Å². The van der Waals surface area contributed by atoms with Gasteiger partial charge >= 0.3 is 5.97 Å². The van der Waals surface area contributed by atoms with Crippen molar-refractivity contribution < 1.29 is 35.5 Å². The molecule has 0 radical (unpaired) electrons. The van der Waals surface area contributed by atoms with Crippen LogP contribution >= 0.6 is 0 Å². The Bertz CT molecular complexity index is 784. The van der Waals surface area contributed by atoms with Crippen LogP contribution < -0.4 is 4.74 Å². The zero-order chi connectivity index (χ0) is 19.1. The van der Waals surface area contributed by atoms with Gasteiger partial charge in [-0.1, -0.05) is 51.2 Å². The molecule has 0 bridgehead atoms. The van der Waals surface area contributed by atoms with E-state index in [1.54, 1.807) is 0 Å². The molecule has 0 spiro atoms. The Kier molecular flexibility index (Phi) is 8.00. The predicted molar refractivity (Wildman–Crippen MR) is 90.6 cm³/mol. The summed E-state index contributed by atoms with van der Waals surface area (Å²) in [5, 5.41) is -1.82. The van der Waals surface area contributed by atoms with E-state index in [-0.39, 0.29) is 6.42 Å². The summed E-state index contributed by atoms with van der Waals surface area (Å²) in [5.74, 6) is -1.80. The number of benzene rings is 1. The number of rotatable bonds is 10. The van der Waals surface area contributed by atoms with Crippen LogP contribution in [0.3, 0.4) is 0 Å². The SMILES string of the molecule is CCCCCCCC(C(=O)Oc1ccccc1S(=O)(=O)O)S(=O)(=O)O. The van der Waals surface area contributed by atoms with E-state index < -0.39 is 42.1 Å². The molecule has 0 aromatic heterocycles. The molecule has 0 heterocycles. The Labute approximate surface area is 147 Å². The molecule has 0 amide bonds. The maximum Gasteiger partial charge on any atom is 0.332 e. The second-order valence-electron chi connectivity index (χ2n) is 5.55. The maximum absolute atomic E-state index is 12.1. The molecule has 0 saturated carbocycles. The Morgan fingerprint density at radius 1 is 1.04 bits per heavy atom. The summed E-state index contributed by atoms with van der Waals surface area (Å²) in [5.41, 5.74) is 0. The van der Waals surface area contributed by atoms with Gasteiger partial charge in [0, 0.05) is 0 Å². The van der Waals surface area contributed by atoms with Crippen LogP contribution in [0.2, 0.25) is 0 Å². The Balaban J connectivity index is 2.90. The first-order chi connectivity index (χ1) is 11.6. The van der Waals surface area contributed by atoms with Crippen LogP contribution in [-0.4, -0.2) is 37.2 Å². The second-order valence-corrected chi connectivity index (χ2v) is 8.54. The number of carbonyl (C=O) groups excluding carboxylic acids is 1. The molecule has 1 aromatic carbocycles. The van der Waals surface area contributed by atoms with Gasteiger partial charge in [0.05, 0.1) is 0 Å². The predicted octanol–water partition coefficient (Wildman–Crippen LogP) is 2.46. The first-order valence-electron chi connectivity index (χ1n) is 7.82. The first-order valence-corrected chi connectivity index (χ1v) is 10.8. The molecule has 0 aliphatic heterocycles. The van der Waals surface area contributed by atoms with Gasteiger partial charge in [-0.2, -0.15) is 16.8 Å². The molecule has 25 heavy (non-hydrogen) atoms. The average molecular weight is 394 g/mol. The highest BCUT2D eigenvalue weighted by molar-refractivity contribution is 7.87. The fourth-order valence-electron chi connectivity index (χ4n) is 2.24. The fourth-order valence-corrected chi connectivity index (χ4v) is 3.61. The molecule has 1 unspecified atom stereocenters. The standard InChI is InChI=1S/C15H22O8S2/c1-2-3-4-5-6-11-14(25(20,21)22)15(16)23-12-9-7-8-10-13(12)24(17,18)19/h7-10,14H,2-6,11H2,1H3,(H,17,18,19)(H,20,21,22). The lowest BCUT2D eigenvalue weighted by Gasteiger charge is -2.14. The van der Waals surface area contributed by atoms with Crippen LogP contribution in [0.4, 0.5) is 0 Å². The summed E-state index contributed by atoms with van der Waals surface area (Å²) in [6.45, 7) is 2.02. The minimum Gasteiger partial charge on any atom is -0.424 e. The normalized spacial score (nSPS) is 13.4. The molecule has 0 saturated heterocycles. The maximum atomic E-state index is 12.1. The minimum absolute atomic E-state index is 0.143. The van der Waals surface area contributed by atoms with Crippen molar-refractivity contribution in [3.63, 3.8) is 0 Å². The molecule has 1 atom stereocenters.